The van der Waals surface area contributed by atoms with E-state index < -0.39 is 17.8 Å². The monoisotopic (exact) mass is 232 g/mol. The molecule has 1 rings (SSSR count). The largest absolute Gasteiger partial charge is 0.484 e. The van der Waals surface area contributed by atoms with Crippen molar-refractivity contribution in [2.24, 2.45) is 0 Å². The van der Waals surface area contributed by atoms with Gasteiger partial charge in [0.05, 0.1) is 12.2 Å². The highest BCUT2D eigenvalue weighted by Crippen LogP contribution is 2.31. The molecule has 0 spiro atoms. The van der Waals surface area contributed by atoms with Crippen LogP contribution >= 0.6 is 0 Å². The molecule has 5 heteroatoms. The van der Waals surface area contributed by atoms with Crippen molar-refractivity contribution in [1.82, 2.24) is 0 Å². The van der Waals surface area contributed by atoms with Crippen molar-refractivity contribution in [3.05, 3.63) is 42.5 Å². The van der Waals surface area contributed by atoms with Gasteiger partial charge in [-0.2, -0.15) is 13.2 Å². The van der Waals surface area contributed by atoms with Gasteiger partial charge < -0.3 is 9.84 Å². The Hall–Kier alpha value is -1.49. The predicted molar refractivity (Wildman–Crippen MR) is 53.1 cm³/mol. The lowest BCUT2D eigenvalue weighted by molar-refractivity contribution is -0.137. The van der Waals surface area contributed by atoms with Crippen LogP contribution in [0.4, 0.5) is 13.2 Å². The maximum absolute atomic E-state index is 12.3. The molecule has 0 bridgehead atoms. The normalized spacial score (nSPS) is 13.2. The average molecular weight is 232 g/mol. The van der Waals surface area contributed by atoms with Crippen LogP contribution in [0.15, 0.2) is 36.9 Å². The highest BCUT2D eigenvalue weighted by atomic mass is 19.4. The second-order valence-electron chi connectivity index (χ2n) is 3.10. The van der Waals surface area contributed by atoms with Gasteiger partial charge >= 0.3 is 6.18 Å². The number of halogens is 3. The number of rotatable bonds is 4. The fourth-order valence-corrected chi connectivity index (χ4v) is 1.08. The van der Waals surface area contributed by atoms with E-state index in [-0.39, 0.29) is 12.4 Å². The number of aliphatic hydroxyl groups is 1. The smallest absolute Gasteiger partial charge is 0.416 e. The summed E-state index contributed by atoms with van der Waals surface area (Å²) in [6, 6.07) is 4.47. The average Bonchev–Trinajstić information content (AvgIpc) is 2.25. The van der Waals surface area contributed by atoms with Crippen molar-refractivity contribution < 1.29 is 23.0 Å². The molecule has 0 saturated carbocycles. The Bertz CT molecular complexity index is 360. The van der Waals surface area contributed by atoms with Gasteiger partial charge in [0.15, 0.2) is 0 Å². The van der Waals surface area contributed by atoms with Gasteiger partial charge in [-0.15, -0.1) is 0 Å². The molecule has 0 radical (unpaired) electrons. The van der Waals surface area contributed by atoms with Gasteiger partial charge in [-0.05, 0) is 24.3 Å². The molecule has 88 valence electrons. The van der Waals surface area contributed by atoms with E-state index in [1.165, 1.54) is 18.2 Å². The van der Waals surface area contributed by atoms with Crippen LogP contribution in [-0.4, -0.2) is 17.8 Å². The molecule has 0 aliphatic heterocycles. The van der Waals surface area contributed by atoms with Gasteiger partial charge in [0.1, 0.15) is 11.9 Å². The molecular formula is C11H11F3O2. The lowest BCUT2D eigenvalue weighted by Crippen LogP contribution is -2.18. The van der Waals surface area contributed by atoms with Crippen LogP contribution in [0.5, 0.6) is 5.75 Å². The lowest BCUT2D eigenvalue weighted by atomic mass is 10.2. The third kappa shape index (κ3) is 3.27. The Labute approximate surface area is 91.0 Å². The Kier molecular flexibility index (Phi) is 3.95. The van der Waals surface area contributed by atoms with Crippen LogP contribution in [0.2, 0.25) is 0 Å². The second-order valence-corrected chi connectivity index (χ2v) is 3.10. The summed E-state index contributed by atoms with van der Waals surface area (Å²) in [5.41, 5.74) is -0.786. The fraction of sp³-hybridized carbons (Fsp3) is 0.273. The van der Waals surface area contributed by atoms with Crippen molar-refractivity contribution in [3.63, 3.8) is 0 Å². The van der Waals surface area contributed by atoms with Gasteiger partial charge in [-0.25, -0.2) is 0 Å². The summed E-state index contributed by atoms with van der Waals surface area (Å²) in [6.45, 7) is 3.06. The summed E-state index contributed by atoms with van der Waals surface area (Å²) in [5.74, 6) is 0.0498. The molecule has 0 amide bonds. The zero-order valence-corrected chi connectivity index (χ0v) is 8.37. The number of hydrogen-bond donors (Lipinski definition) is 1. The molecule has 1 N–H and O–H groups in total. The van der Waals surface area contributed by atoms with Gasteiger partial charge in [0.25, 0.3) is 0 Å². The molecular weight excluding hydrogens is 221 g/mol. The second kappa shape index (κ2) is 5.03. The molecule has 0 aliphatic carbocycles. The predicted octanol–water partition coefficient (Wildman–Crippen LogP) is 2.63. The quantitative estimate of drug-likeness (QED) is 0.808. The minimum atomic E-state index is -4.40. The van der Waals surface area contributed by atoms with Crippen LogP contribution in [-0.2, 0) is 6.18 Å². The summed E-state index contributed by atoms with van der Waals surface area (Å²) < 4.78 is 42.1. The summed E-state index contributed by atoms with van der Waals surface area (Å²) >= 11 is 0. The van der Waals surface area contributed by atoms with E-state index in [0.29, 0.717) is 0 Å². The van der Waals surface area contributed by atoms with Gasteiger partial charge in [0.2, 0.25) is 0 Å². The Morgan fingerprint density at radius 2 is 2.12 bits per heavy atom. The van der Waals surface area contributed by atoms with E-state index in [0.717, 1.165) is 12.1 Å². The molecule has 0 saturated heterocycles. The third-order valence-corrected chi connectivity index (χ3v) is 1.89. The lowest BCUT2D eigenvalue weighted by Gasteiger charge is -2.14. The molecule has 1 aromatic rings. The number of aliphatic hydroxyl groups excluding tert-OH is 1. The maximum atomic E-state index is 12.3. The first kappa shape index (κ1) is 12.6. The zero-order chi connectivity index (χ0) is 12.2. The van der Waals surface area contributed by atoms with Crippen LogP contribution < -0.4 is 4.74 Å². The van der Waals surface area contributed by atoms with Crippen LogP contribution in [0.25, 0.3) is 0 Å². The Balaban J connectivity index is 2.86. The zero-order valence-electron chi connectivity index (χ0n) is 8.37. The van der Waals surface area contributed by atoms with Gasteiger partial charge in [-0.1, -0.05) is 12.6 Å². The number of benzene rings is 1. The van der Waals surface area contributed by atoms with Crippen molar-refractivity contribution in [1.29, 1.82) is 0 Å². The summed E-state index contributed by atoms with van der Waals surface area (Å²) in [5, 5.41) is 8.80. The summed E-state index contributed by atoms with van der Waals surface area (Å²) in [6.07, 6.45) is -3.79. The summed E-state index contributed by atoms with van der Waals surface area (Å²) in [7, 11) is 0. The number of hydrogen-bond acceptors (Lipinski definition) is 2. The van der Waals surface area contributed by atoms with E-state index in [1.54, 1.807) is 0 Å². The molecule has 1 aromatic carbocycles. The molecule has 0 aromatic heterocycles. The standard InChI is InChI=1S/C11H11F3O2/c1-2-9(7-15)16-10-5-3-4-8(6-10)11(12,13)14/h2-6,9,15H,1,7H2. The molecule has 0 fully saturated rings. The number of ether oxygens (including phenoxy) is 1. The van der Waals surface area contributed by atoms with Crippen molar-refractivity contribution in [3.8, 4) is 5.75 Å². The minimum Gasteiger partial charge on any atom is -0.484 e. The molecule has 1 unspecified atom stereocenters. The van der Waals surface area contributed by atoms with E-state index in [4.69, 9.17) is 9.84 Å². The molecule has 0 aliphatic rings. The fourth-order valence-electron chi connectivity index (χ4n) is 1.08. The molecule has 2 nitrogen and oxygen atoms in total. The van der Waals surface area contributed by atoms with E-state index in [2.05, 4.69) is 6.58 Å². The Morgan fingerprint density at radius 3 is 2.62 bits per heavy atom. The van der Waals surface area contributed by atoms with E-state index in [9.17, 15) is 13.2 Å². The van der Waals surface area contributed by atoms with Crippen LogP contribution in [0.1, 0.15) is 5.56 Å². The van der Waals surface area contributed by atoms with Gasteiger partial charge in [-0.3, -0.25) is 0 Å². The first-order valence-electron chi connectivity index (χ1n) is 4.54. The maximum Gasteiger partial charge on any atom is 0.416 e. The number of alkyl halides is 3. The highest BCUT2D eigenvalue weighted by molar-refractivity contribution is 5.30. The minimum absolute atomic E-state index is 0.0498. The van der Waals surface area contributed by atoms with Crippen molar-refractivity contribution in [2.75, 3.05) is 6.61 Å². The molecule has 1 atom stereocenters. The SMILES string of the molecule is C=CC(CO)Oc1cccc(C(F)(F)F)c1. The van der Waals surface area contributed by atoms with Crippen molar-refractivity contribution in [2.45, 2.75) is 12.3 Å². The van der Waals surface area contributed by atoms with Crippen molar-refractivity contribution >= 4 is 0 Å². The first-order valence-corrected chi connectivity index (χ1v) is 4.54. The summed E-state index contributed by atoms with van der Waals surface area (Å²) in [4.78, 5) is 0. The van der Waals surface area contributed by atoms with E-state index in [1.807, 2.05) is 0 Å². The Morgan fingerprint density at radius 1 is 1.44 bits per heavy atom. The third-order valence-electron chi connectivity index (χ3n) is 1.89. The molecule has 16 heavy (non-hydrogen) atoms. The van der Waals surface area contributed by atoms with Crippen LogP contribution in [0, 0.1) is 0 Å². The van der Waals surface area contributed by atoms with Crippen LogP contribution in [0.3, 0.4) is 0 Å². The molecule has 0 heterocycles. The topological polar surface area (TPSA) is 29.5 Å². The first-order chi connectivity index (χ1) is 7.47. The highest BCUT2D eigenvalue weighted by Gasteiger charge is 2.30. The van der Waals surface area contributed by atoms with Gasteiger partial charge in [0, 0.05) is 0 Å². The van der Waals surface area contributed by atoms with E-state index >= 15 is 0 Å².